The van der Waals surface area contributed by atoms with E-state index in [0.717, 1.165) is 22.2 Å². The molecule has 108 valence electrons. The number of methoxy groups -OCH3 is 2. The summed E-state index contributed by atoms with van der Waals surface area (Å²) in [6.07, 6.45) is 2.01. The summed E-state index contributed by atoms with van der Waals surface area (Å²) in [4.78, 5) is 3.29. The van der Waals surface area contributed by atoms with E-state index in [0.29, 0.717) is 18.0 Å². The van der Waals surface area contributed by atoms with Gasteiger partial charge in [0.05, 0.1) is 14.2 Å². The van der Waals surface area contributed by atoms with E-state index in [-0.39, 0.29) is 0 Å². The van der Waals surface area contributed by atoms with Crippen LogP contribution >= 0.6 is 0 Å². The number of ether oxygens (including phenoxy) is 2. The Morgan fingerprint density at radius 2 is 1.90 bits per heavy atom. The van der Waals surface area contributed by atoms with E-state index < -0.39 is 0 Å². The van der Waals surface area contributed by atoms with Gasteiger partial charge >= 0.3 is 0 Å². The van der Waals surface area contributed by atoms with Crippen molar-refractivity contribution in [3.63, 3.8) is 0 Å². The van der Waals surface area contributed by atoms with E-state index in [2.05, 4.69) is 23.2 Å². The van der Waals surface area contributed by atoms with Crippen LogP contribution in [0.1, 0.15) is 5.56 Å². The fraction of sp³-hybridized carbons (Fsp3) is 0.176. The molecule has 4 nitrogen and oxygen atoms in total. The average Bonchev–Trinajstić information content (AvgIpc) is 2.97. The normalized spacial score (nSPS) is 10.8. The zero-order valence-corrected chi connectivity index (χ0v) is 12.1. The predicted octanol–water partition coefficient (Wildman–Crippen LogP) is 3.31. The van der Waals surface area contributed by atoms with Gasteiger partial charge in [0, 0.05) is 34.8 Å². The first-order chi connectivity index (χ1) is 10.3. The van der Waals surface area contributed by atoms with E-state index in [1.54, 1.807) is 14.2 Å². The number of hydrogen-bond acceptors (Lipinski definition) is 3. The third-order valence-electron chi connectivity index (χ3n) is 3.68. The van der Waals surface area contributed by atoms with Crippen LogP contribution in [0, 0.1) is 0 Å². The van der Waals surface area contributed by atoms with Gasteiger partial charge in [0.25, 0.3) is 0 Å². The molecule has 0 aliphatic carbocycles. The molecule has 0 atom stereocenters. The molecule has 0 fully saturated rings. The third kappa shape index (κ3) is 2.23. The number of aromatic amines is 1. The summed E-state index contributed by atoms with van der Waals surface area (Å²) >= 11 is 0. The van der Waals surface area contributed by atoms with E-state index in [1.807, 2.05) is 24.4 Å². The average molecular weight is 282 g/mol. The number of H-pyrrole nitrogens is 1. The molecular weight excluding hydrogens is 264 g/mol. The topological polar surface area (TPSA) is 60.3 Å². The molecule has 0 spiro atoms. The number of hydrogen-bond donors (Lipinski definition) is 2. The molecular formula is C17H18N2O2. The number of fused-ring (bicyclic) bond motifs is 1. The van der Waals surface area contributed by atoms with E-state index in [4.69, 9.17) is 15.2 Å². The second-order valence-corrected chi connectivity index (χ2v) is 4.82. The van der Waals surface area contributed by atoms with Crippen molar-refractivity contribution in [1.82, 2.24) is 4.98 Å². The molecule has 0 radical (unpaired) electrons. The molecule has 21 heavy (non-hydrogen) atoms. The van der Waals surface area contributed by atoms with Crippen LogP contribution in [-0.4, -0.2) is 19.2 Å². The summed E-state index contributed by atoms with van der Waals surface area (Å²) in [5.41, 5.74) is 10.1. The molecule has 0 aliphatic heterocycles. The van der Waals surface area contributed by atoms with Crippen molar-refractivity contribution in [2.24, 2.45) is 5.73 Å². The maximum atomic E-state index is 5.84. The maximum Gasteiger partial charge on any atom is 0.165 e. The number of aromatic nitrogens is 1. The van der Waals surface area contributed by atoms with Gasteiger partial charge in [-0.3, -0.25) is 0 Å². The lowest BCUT2D eigenvalue weighted by Crippen LogP contribution is -2.02. The molecule has 2 aromatic carbocycles. The van der Waals surface area contributed by atoms with Crippen molar-refractivity contribution in [2.75, 3.05) is 14.2 Å². The van der Waals surface area contributed by atoms with Crippen molar-refractivity contribution in [2.45, 2.75) is 6.54 Å². The lowest BCUT2D eigenvalue weighted by Gasteiger charge is -2.14. The summed E-state index contributed by atoms with van der Waals surface area (Å²) in [5.74, 6) is 1.39. The van der Waals surface area contributed by atoms with Crippen molar-refractivity contribution >= 4 is 10.9 Å². The minimum atomic E-state index is 0.399. The molecule has 0 saturated heterocycles. The maximum absolute atomic E-state index is 5.84. The molecule has 0 bridgehead atoms. The third-order valence-corrected chi connectivity index (χ3v) is 3.68. The van der Waals surface area contributed by atoms with E-state index >= 15 is 0 Å². The second kappa shape index (κ2) is 5.50. The van der Waals surface area contributed by atoms with Crippen LogP contribution in [0.4, 0.5) is 0 Å². The van der Waals surface area contributed by atoms with Gasteiger partial charge in [-0.05, 0) is 23.8 Å². The van der Waals surface area contributed by atoms with E-state index in [1.165, 1.54) is 5.39 Å². The molecule has 1 aromatic heterocycles. The Morgan fingerprint density at radius 3 is 2.62 bits per heavy atom. The van der Waals surface area contributed by atoms with Crippen LogP contribution in [0.25, 0.3) is 22.0 Å². The Kier molecular flexibility index (Phi) is 3.54. The lowest BCUT2D eigenvalue weighted by atomic mass is 10.0. The molecule has 1 heterocycles. The molecule has 3 N–H and O–H groups in total. The first-order valence-corrected chi connectivity index (χ1v) is 6.80. The van der Waals surface area contributed by atoms with Crippen LogP contribution in [0.3, 0.4) is 0 Å². The van der Waals surface area contributed by atoms with Gasteiger partial charge in [0.1, 0.15) is 0 Å². The molecule has 0 aliphatic rings. The Labute approximate surface area is 123 Å². The Bertz CT molecular complexity index is 752. The van der Waals surface area contributed by atoms with Gasteiger partial charge in [-0.1, -0.05) is 18.2 Å². The van der Waals surface area contributed by atoms with Gasteiger partial charge < -0.3 is 20.2 Å². The predicted molar refractivity (Wildman–Crippen MR) is 84.7 cm³/mol. The van der Waals surface area contributed by atoms with Crippen LogP contribution in [-0.2, 0) is 6.54 Å². The van der Waals surface area contributed by atoms with Crippen molar-refractivity contribution in [3.05, 3.63) is 48.2 Å². The SMILES string of the molecule is COc1cc(-c2c[nH]c3ccccc23)cc(CN)c1OC. The monoisotopic (exact) mass is 282 g/mol. The van der Waals surface area contributed by atoms with Crippen molar-refractivity contribution in [1.29, 1.82) is 0 Å². The quantitative estimate of drug-likeness (QED) is 0.771. The molecule has 0 saturated carbocycles. The zero-order valence-electron chi connectivity index (χ0n) is 12.1. The summed E-state index contributed by atoms with van der Waals surface area (Å²) < 4.78 is 10.8. The smallest absolute Gasteiger partial charge is 0.165 e. The number of rotatable bonds is 4. The zero-order chi connectivity index (χ0) is 14.8. The second-order valence-electron chi connectivity index (χ2n) is 4.82. The summed E-state index contributed by atoms with van der Waals surface area (Å²) in [6, 6.07) is 12.2. The molecule has 0 amide bonds. The Hall–Kier alpha value is -2.46. The largest absolute Gasteiger partial charge is 0.493 e. The number of nitrogens with one attached hydrogen (secondary N) is 1. The van der Waals surface area contributed by atoms with Crippen LogP contribution < -0.4 is 15.2 Å². The highest BCUT2D eigenvalue weighted by Gasteiger charge is 2.14. The van der Waals surface area contributed by atoms with E-state index in [9.17, 15) is 0 Å². The highest BCUT2D eigenvalue weighted by atomic mass is 16.5. The highest BCUT2D eigenvalue weighted by Crippen LogP contribution is 2.38. The Morgan fingerprint density at radius 1 is 1.10 bits per heavy atom. The van der Waals surface area contributed by atoms with Crippen molar-refractivity contribution < 1.29 is 9.47 Å². The van der Waals surface area contributed by atoms with Crippen LogP contribution in [0.15, 0.2) is 42.6 Å². The molecule has 0 unspecified atom stereocenters. The first-order valence-electron chi connectivity index (χ1n) is 6.80. The number of para-hydroxylation sites is 1. The summed E-state index contributed by atoms with van der Waals surface area (Å²) in [6.45, 7) is 0.399. The number of nitrogens with two attached hydrogens (primary N) is 1. The van der Waals surface area contributed by atoms with Gasteiger partial charge in [-0.2, -0.15) is 0 Å². The molecule has 4 heteroatoms. The van der Waals surface area contributed by atoms with Gasteiger partial charge in [0.15, 0.2) is 11.5 Å². The van der Waals surface area contributed by atoms with Crippen LogP contribution in [0.5, 0.6) is 11.5 Å². The minimum Gasteiger partial charge on any atom is -0.493 e. The first kappa shape index (κ1) is 13.5. The Balaban J connectivity index is 2.23. The summed E-state index contributed by atoms with van der Waals surface area (Å²) in [7, 11) is 3.26. The number of benzene rings is 2. The minimum absolute atomic E-state index is 0.399. The molecule has 3 rings (SSSR count). The lowest BCUT2D eigenvalue weighted by molar-refractivity contribution is 0.352. The fourth-order valence-corrected chi connectivity index (χ4v) is 2.66. The highest BCUT2D eigenvalue weighted by molar-refractivity contribution is 5.96. The van der Waals surface area contributed by atoms with Gasteiger partial charge in [-0.25, -0.2) is 0 Å². The van der Waals surface area contributed by atoms with Gasteiger partial charge in [0.2, 0.25) is 0 Å². The van der Waals surface area contributed by atoms with Crippen molar-refractivity contribution in [3.8, 4) is 22.6 Å². The fourth-order valence-electron chi connectivity index (χ4n) is 2.66. The van der Waals surface area contributed by atoms with Crippen LogP contribution in [0.2, 0.25) is 0 Å². The van der Waals surface area contributed by atoms with Gasteiger partial charge in [-0.15, -0.1) is 0 Å². The molecule has 3 aromatic rings. The summed E-state index contributed by atoms with van der Waals surface area (Å²) in [5, 5.41) is 1.17. The standard InChI is InChI=1S/C17H18N2O2/c1-20-16-8-11(7-12(9-18)17(16)21-2)14-10-19-15-6-4-3-5-13(14)15/h3-8,10,19H,9,18H2,1-2H3.